The van der Waals surface area contributed by atoms with Gasteiger partial charge in [0.2, 0.25) is 0 Å². The van der Waals surface area contributed by atoms with Crippen LogP contribution in [0, 0.1) is 0 Å². The first-order valence-corrected chi connectivity index (χ1v) is 7.00. The van der Waals surface area contributed by atoms with Gasteiger partial charge in [-0.25, -0.2) is 4.98 Å². The Morgan fingerprint density at radius 1 is 1.47 bits per heavy atom. The SMILES string of the molecule is CCCCCCNc1nc(CCC(=O)O)cs1. The molecule has 0 aliphatic heterocycles. The molecule has 0 fully saturated rings. The van der Waals surface area contributed by atoms with Crippen molar-refractivity contribution in [3.8, 4) is 0 Å². The van der Waals surface area contributed by atoms with Crippen molar-refractivity contribution in [3.05, 3.63) is 11.1 Å². The Morgan fingerprint density at radius 2 is 2.29 bits per heavy atom. The highest BCUT2D eigenvalue weighted by Gasteiger charge is 2.03. The molecule has 1 aromatic heterocycles. The van der Waals surface area contributed by atoms with Crippen molar-refractivity contribution >= 4 is 22.4 Å². The maximum Gasteiger partial charge on any atom is 0.303 e. The molecule has 0 aliphatic carbocycles. The molecule has 0 spiro atoms. The fourth-order valence-corrected chi connectivity index (χ4v) is 2.26. The zero-order valence-electron chi connectivity index (χ0n) is 10.2. The largest absolute Gasteiger partial charge is 0.481 e. The number of aromatic nitrogens is 1. The van der Waals surface area contributed by atoms with Gasteiger partial charge in [0.15, 0.2) is 5.13 Å². The maximum atomic E-state index is 10.4. The number of aryl methyl sites for hydroxylation is 1. The lowest BCUT2D eigenvalue weighted by atomic mass is 10.2. The van der Waals surface area contributed by atoms with E-state index in [1.807, 2.05) is 5.38 Å². The summed E-state index contributed by atoms with van der Waals surface area (Å²) >= 11 is 1.55. The molecule has 0 aliphatic rings. The second kappa shape index (κ2) is 8.06. The quantitative estimate of drug-likeness (QED) is 0.666. The van der Waals surface area contributed by atoms with Gasteiger partial charge in [-0.2, -0.15) is 0 Å². The van der Waals surface area contributed by atoms with E-state index in [-0.39, 0.29) is 6.42 Å². The van der Waals surface area contributed by atoms with Gasteiger partial charge in [-0.15, -0.1) is 11.3 Å². The Hall–Kier alpha value is -1.10. The van der Waals surface area contributed by atoms with E-state index in [0.717, 1.165) is 23.8 Å². The van der Waals surface area contributed by atoms with Crippen molar-refractivity contribution in [2.24, 2.45) is 0 Å². The van der Waals surface area contributed by atoms with Gasteiger partial charge in [0, 0.05) is 18.3 Å². The van der Waals surface area contributed by atoms with Gasteiger partial charge in [-0.1, -0.05) is 26.2 Å². The van der Waals surface area contributed by atoms with Crippen LogP contribution >= 0.6 is 11.3 Å². The van der Waals surface area contributed by atoms with Crippen LogP contribution in [0.3, 0.4) is 0 Å². The predicted octanol–water partition coefficient (Wildman–Crippen LogP) is 3.15. The average molecular weight is 256 g/mol. The van der Waals surface area contributed by atoms with Crippen molar-refractivity contribution in [2.45, 2.75) is 45.4 Å². The van der Waals surface area contributed by atoms with Gasteiger partial charge in [0.25, 0.3) is 0 Å². The summed E-state index contributed by atoms with van der Waals surface area (Å²) in [6.45, 7) is 3.15. The number of aliphatic carboxylic acids is 1. The van der Waals surface area contributed by atoms with Gasteiger partial charge < -0.3 is 10.4 Å². The zero-order valence-corrected chi connectivity index (χ0v) is 11.1. The number of nitrogens with zero attached hydrogens (tertiary/aromatic N) is 1. The second-order valence-electron chi connectivity index (χ2n) is 4.03. The van der Waals surface area contributed by atoms with Crippen LogP contribution in [0.25, 0.3) is 0 Å². The minimum absolute atomic E-state index is 0.152. The number of anilines is 1. The lowest BCUT2D eigenvalue weighted by Crippen LogP contribution is -2.02. The standard InChI is InChI=1S/C12H20N2O2S/c1-2-3-4-5-8-13-12-14-10(9-17-12)6-7-11(15)16/h9H,2-8H2,1H3,(H,13,14)(H,15,16). The third kappa shape index (κ3) is 6.26. The summed E-state index contributed by atoms with van der Waals surface area (Å²) in [7, 11) is 0. The predicted molar refractivity (Wildman–Crippen MR) is 70.7 cm³/mol. The number of rotatable bonds is 9. The van der Waals surface area contributed by atoms with Crippen LogP contribution in [0.4, 0.5) is 5.13 Å². The van der Waals surface area contributed by atoms with Gasteiger partial charge in [-0.3, -0.25) is 4.79 Å². The molecule has 1 rings (SSSR count). The first kappa shape index (κ1) is 14.0. The van der Waals surface area contributed by atoms with E-state index in [4.69, 9.17) is 5.11 Å². The highest BCUT2D eigenvalue weighted by Crippen LogP contribution is 2.16. The van der Waals surface area contributed by atoms with E-state index >= 15 is 0 Å². The zero-order chi connectivity index (χ0) is 12.5. The van der Waals surface area contributed by atoms with Crippen molar-refractivity contribution in [2.75, 3.05) is 11.9 Å². The van der Waals surface area contributed by atoms with Gasteiger partial charge in [0.05, 0.1) is 12.1 Å². The number of carboxylic acids is 1. The fraction of sp³-hybridized carbons (Fsp3) is 0.667. The molecule has 1 heterocycles. The molecule has 0 atom stereocenters. The molecule has 0 amide bonds. The third-order valence-electron chi connectivity index (χ3n) is 2.45. The van der Waals surface area contributed by atoms with E-state index in [1.54, 1.807) is 11.3 Å². The van der Waals surface area contributed by atoms with Crippen LogP contribution in [0.5, 0.6) is 0 Å². The van der Waals surface area contributed by atoms with Gasteiger partial charge in [-0.05, 0) is 6.42 Å². The summed E-state index contributed by atoms with van der Waals surface area (Å²) in [6, 6.07) is 0. The Bertz CT molecular complexity index is 339. The number of carbonyl (C=O) groups is 1. The summed E-state index contributed by atoms with van der Waals surface area (Å²) in [4.78, 5) is 14.8. The van der Waals surface area contributed by atoms with Crippen LogP contribution in [0.2, 0.25) is 0 Å². The van der Waals surface area contributed by atoms with Crippen molar-refractivity contribution in [1.29, 1.82) is 0 Å². The van der Waals surface area contributed by atoms with Crippen LogP contribution in [0.1, 0.15) is 44.7 Å². The lowest BCUT2D eigenvalue weighted by Gasteiger charge is -2.01. The topological polar surface area (TPSA) is 62.2 Å². The van der Waals surface area contributed by atoms with Gasteiger partial charge in [0.1, 0.15) is 0 Å². The number of thiazole rings is 1. The van der Waals surface area contributed by atoms with E-state index < -0.39 is 5.97 Å². The van der Waals surface area contributed by atoms with E-state index in [9.17, 15) is 4.79 Å². The lowest BCUT2D eigenvalue weighted by molar-refractivity contribution is -0.136. The molecule has 96 valence electrons. The average Bonchev–Trinajstić information content (AvgIpc) is 2.74. The Labute approximate surface area is 106 Å². The molecular weight excluding hydrogens is 236 g/mol. The molecule has 0 saturated carbocycles. The molecular formula is C12H20N2O2S. The highest BCUT2D eigenvalue weighted by molar-refractivity contribution is 7.13. The summed E-state index contributed by atoms with van der Waals surface area (Å²) in [5, 5.41) is 14.7. The van der Waals surface area contributed by atoms with E-state index in [0.29, 0.717) is 6.42 Å². The summed E-state index contributed by atoms with van der Waals surface area (Å²) in [5.74, 6) is -0.771. The second-order valence-corrected chi connectivity index (χ2v) is 4.88. The number of nitrogens with one attached hydrogen (secondary N) is 1. The summed E-state index contributed by atoms with van der Waals surface area (Å²) < 4.78 is 0. The molecule has 0 bridgehead atoms. The molecule has 0 saturated heterocycles. The molecule has 0 aromatic carbocycles. The van der Waals surface area contributed by atoms with Crippen molar-refractivity contribution in [3.63, 3.8) is 0 Å². The molecule has 1 aromatic rings. The van der Waals surface area contributed by atoms with Crippen LogP contribution in [0.15, 0.2) is 5.38 Å². The fourth-order valence-electron chi connectivity index (χ4n) is 1.49. The summed E-state index contributed by atoms with van der Waals surface area (Å²) in [5.41, 5.74) is 0.869. The van der Waals surface area contributed by atoms with Crippen molar-refractivity contribution < 1.29 is 9.90 Å². The van der Waals surface area contributed by atoms with Crippen LogP contribution in [-0.2, 0) is 11.2 Å². The summed E-state index contributed by atoms with van der Waals surface area (Å²) in [6.07, 6.45) is 5.61. The smallest absolute Gasteiger partial charge is 0.303 e. The van der Waals surface area contributed by atoms with Crippen molar-refractivity contribution in [1.82, 2.24) is 4.98 Å². The van der Waals surface area contributed by atoms with Crippen LogP contribution < -0.4 is 5.32 Å². The minimum Gasteiger partial charge on any atom is -0.481 e. The van der Waals surface area contributed by atoms with Gasteiger partial charge >= 0.3 is 5.97 Å². The Balaban J connectivity index is 2.19. The first-order valence-electron chi connectivity index (χ1n) is 6.12. The third-order valence-corrected chi connectivity index (χ3v) is 3.30. The molecule has 5 heteroatoms. The molecule has 2 N–H and O–H groups in total. The van der Waals surface area contributed by atoms with E-state index in [1.165, 1.54) is 19.3 Å². The minimum atomic E-state index is -0.771. The Kier molecular flexibility index (Phi) is 6.62. The maximum absolute atomic E-state index is 10.4. The molecule has 4 nitrogen and oxygen atoms in total. The molecule has 0 radical (unpaired) electrons. The molecule has 17 heavy (non-hydrogen) atoms. The number of carboxylic acid groups (broad SMARTS) is 1. The monoisotopic (exact) mass is 256 g/mol. The highest BCUT2D eigenvalue weighted by atomic mass is 32.1. The number of unbranched alkanes of at least 4 members (excludes halogenated alkanes) is 3. The Morgan fingerprint density at radius 3 is 3.00 bits per heavy atom. The first-order chi connectivity index (χ1) is 8.22. The van der Waals surface area contributed by atoms with E-state index in [2.05, 4.69) is 17.2 Å². The number of hydrogen-bond donors (Lipinski definition) is 2. The normalized spacial score (nSPS) is 10.4. The number of hydrogen-bond acceptors (Lipinski definition) is 4. The molecule has 0 unspecified atom stereocenters. The van der Waals surface area contributed by atoms with Crippen LogP contribution in [-0.4, -0.2) is 22.6 Å².